The van der Waals surface area contributed by atoms with Gasteiger partial charge in [0.05, 0.1) is 4.90 Å². The molecule has 0 aromatic heterocycles. The first-order valence-corrected chi connectivity index (χ1v) is 7.96. The SMILES string of the molecule is O=S(=O)(NCCN1CCNCC1)c1cc(F)c(F)c(F)c1. The Kier molecular flexibility index (Phi) is 5.20. The Hall–Kier alpha value is -1.16. The first-order valence-electron chi connectivity index (χ1n) is 6.47. The van der Waals surface area contributed by atoms with E-state index in [2.05, 4.69) is 14.9 Å². The number of hydrogen-bond acceptors (Lipinski definition) is 4. The summed E-state index contributed by atoms with van der Waals surface area (Å²) in [4.78, 5) is 1.43. The standard InChI is InChI=1S/C12H16F3N3O2S/c13-10-7-9(8-11(14)12(10)15)21(19,20)17-3-6-18-4-1-16-2-5-18/h7-8,16-17H,1-6H2. The van der Waals surface area contributed by atoms with Gasteiger partial charge in [-0.2, -0.15) is 0 Å². The number of halogens is 3. The zero-order chi connectivity index (χ0) is 15.5. The minimum atomic E-state index is -4.06. The molecule has 1 saturated heterocycles. The first-order chi connectivity index (χ1) is 9.90. The molecule has 9 heteroatoms. The maximum Gasteiger partial charge on any atom is 0.240 e. The third-order valence-electron chi connectivity index (χ3n) is 3.20. The van der Waals surface area contributed by atoms with Crippen LogP contribution in [0.4, 0.5) is 13.2 Å². The Bertz CT molecular complexity index is 581. The smallest absolute Gasteiger partial charge is 0.240 e. The van der Waals surface area contributed by atoms with Crippen LogP contribution in [0.25, 0.3) is 0 Å². The van der Waals surface area contributed by atoms with Crippen molar-refractivity contribution in [3.8, 4) is 0 Å². The normalized spacial score (nSPS) is 17.1. The van der Waals surface area contributed by atoms with Crippen molar-refractivity contribution in [3.63, 3.8) is 0 Å². The highest BCUT2D eigenvalue weighted by Crippen LogP contribution is 2.17. The van der Waals surface area contributed by atoms with E-state index >= 15 is 0 Å². The van der Waals surface area contributed by atoms with E-state index in [1.165, 1.54) is 0 Å². The van der Waals surface area contributed by atoms with Gasteiger partial charge in [0.25, 0.3) is 0 Å². The van der Waals surface area contributed by atoms with Gasteiger partial charge in [-0.3, -0.25) is 4.90 Å². The van der Waals surface area contributed by atoms with Crippen LogP contribution in [0.5, 0.6) is 0 Å². The number of piperazine rings is 1. The highest BCUT2D eigenvalue weighted by molar-refractivity contribution is 7.89. The van der Waals surface area contributed by atoms with Crippen LogP contribution >= 0.6 is 0 Å². The molecule has 0 spiro atoms. The van der Waals surface area contributed by atoms with Gasteiger partial charge in [-0.1, -0.05) is 0 Å². The van der Waals surface area contributed by atoms with E-state index < -0.39 is 32.4 Å². The highest BCUT2D eigenvalue weighted by Gasteiger charge is 2.20. The molecule has 0 saturated carbocycles. The molecule has 0 amide bonds. The molecular weight excluding hydrogens is 307 g/mol. The second-order valence-electron chi connectivity index (χ2n) is 4.69. The average molecular weight is 323 g/mol. The van der Waals surface area contributed by atoms with Crippen LogP contribution < -0.4 is 10.0 Å². The summed E-state index contributed by atoms with van der Waals surface area (Å²) in [7, 11) is -4.06. The minimum absolute atomic E-state index is 0.114. The molecule has 0 radical (unpaired) electrons. The number of benzene rings is 1. The Morgan fingerprint density at radius 1 is 1.14 bits per heavy atom. The van der Waals surface area contributed by atoms with Crippen molar-refractivity contribution in [3.05, 3.63) is 29.6 Å². The van der Waals surface area contributed by atoms with Gasteiger partial charge in [-0.25, -0.2) is 26.3 Å². The topological polar surface area (TPSA) is 61.4 Å². The van der Waals surface area contributed by atoms with E-state index in [1.54, 1.807) is 0 Å². The second kappa shape index (κ2) is 6.73. The van der Waals surface area contributed by atoms with E-state index in [-0.39, 0.29) is 6.54 Å². The molecule has 118 valence electrons. The molecule has 1 heterocycles. The Morgan fingerprint density at radius 2 is 1.71 bits per heavy atom. The summed E-state index contributed by atoms with van der Waals surface area (Å²) in [6, 6.07) is 0.928. The summed E-state index contributed by atoms with van der Waals surface area (Å²) in [6.45, 7) is 3.89. The molecule has 21 heavy (non-hydrogen) atoms. The van der Waals surface area contributed by atoms with Crippen LogP contribution in [-0.4, -0.2) is 52.6 Å². The van der Waals surface area contributed by atoms with Crippen molar-refractivity contribution in [2.24, 2.45) is 0 Å². The van der Waals surface area contributed by atoms with E-state index in [0.717, 1.165) is 26.2 Å². The van der Waals surface area contributed by atoms with E-state index in [4.69, 9.17) is 0 Å². The zero-order valence-corrected chi connectivity index (χ0v) is 12.0. The molecular formula is C12H16F3N3O2S. The van der Waals surface area contributed by atoms with Crippen molar-refractivity contribution in [1.29, 1.82) is 0 Å². The molecule has 1 aliphatic rings. The number of sulfonamides is 1. The third kappa shape index (κ3) is 4.16. The predicted octanol–water partition coefficient (Wildman–Crippen LogP) is 0.287. The van der Waals surface area contributed by atoms with Gasteiger partial charge < -0.3 is 5.32 Å². The van der Waals surface area contributed by atoms with Gasteiger partial charge in [-0.15, -0.1) is 0 Å². The monoisotopic (exact) mass is 323 g/mol. The largest absolute Gasteiger partial charge is 0.314 e. The van der Waals surface area contributed by atoms with Crippen LogP contribution in [0, 0.1) is 17.5 Å². The van der Waals surface area contributed by atoms with E-state index in [0.29, 0.717) is 18.7 Å². The van der Waals surface area contributed by atoms with Crippen LogP contribution in [0.3, 0.4) is 0 Å². The van der Waals surface area contributed by atoms with Crippen molar-refractivity contribution >= 4 is 10.0 Å². The highest BCUT2D eigenvalue weighted by atomic mass is 32.2. The van der Waals surface area contributed by atoms with Crippen molar-refractivity contribution in [1.82, 2.24) is 14.9 Å². The number of nitrogens with one attached hydrogen (secondary N) is 2. The molecule has 0 unspecified atom stereocenters. The van der Waals surface area contributed by atoms with Crippen LogP contribution in [0.15, 0.2) is 17.0 Å². The van der Waals surface area contributed by atoms with Crippen molar-refractivity contribution < 1.29 is 21.6 Å². The molecule has 0 bridgehead atoms. The lowest BCUT2D eigenvalue weighted by molar-refractivity contribution is 0.245. The average Bonchev–Trinajstić information content (AvgIpc) is 2.45. The minimum Gasteiger partial charge on any atom is -0.314 e. The lowest BCUT2D eigenvalue weighted by Gasteiger charge is -2.27. The maximum absolute atomic E-state index is 13.1. The van der Waals surface area contributed by atoms with Gasteiger partial charge in [0, 0.05) is 39.3 Å². The number of hydrogen-bond donors (Lipinski definition) is 2. The van der Waals surface area contributed by atoms with Gasteiger partial charge >= 0.3 is 0 Å². The Balaban J connectivity index is 1.98. The molecule has 0 atom stereocenters. The maximum atomic E-state index is 13.1. The molecule has 5 nitrogen and oxygen atoms in total. The molecule has 0 aliphatic carbocycles. The number of rotatable bonds is 5. The summed E-state index contributed by atoms with van der Waals surface area (Å²) >= 11 is 0. The summed E-state index contributed by atoms with van der Waals surface area (Å²) in [6.07, 6.45) is 0. The van der Waals surface area contributed by atoms with Crippen molar-refractivity contribution in [2.45, 2.75) is 4.90 Å². The summed E-state index contributed by atoms with van der Waals surface area (Å²) < 4.78 is 65.0. The fourth-order valence-electron chi connectivity index (χ4n) is 2.04. The quantitative estimate of drug-likeness (QED) is 0.765. The Labute approximate surface area is 121 Å². The second-order valence-corrected chi connectivity index (χ2v) is 6.46. The molecule has 1 aliphatic heterocycles. The van der Waals surface area contributed by atoms with Crippen LogP contribution in [-0.2, 0) is 10.0 Å². The van der Waals surface area contributed by atoms with Crippen LogP contribution in [0.1, 0.15) is 0 Å². The zero-order valence-electron chi connectivity index (χ0n) is 11.2. The first kappa shape index (κ1) is 16.2. The van der Waals surface area contributed by atoms with Crippen LogP contribution in [0.2, 0.25) is 0 Å². The predicted molar refractivity (Wildman–Crippen MR) is 70.8 cm³/mol. The Morgan fingerprint density at radius 3 is 2.29 bits per heavy atom. The summed E-state index contributed by atoms with van der Waals surface area (Å²) in [5.74, 6) is -4.75. The fraction of sp³-hybridized carbons (Fsp3) is 0.500. The summed E-state index contributed by atoms with van der Waals surface area (Å²) in [5.41, 5.74) is 0. The van der Waals surface area contributed by atoms with E-state index in [1.807, 2.05) is 0 Å². The van der Waals surface area contributed by atoms with E-state index in [9.17, 15) is 21.6 Å². The van der Waals surface area contributed by atoms with Gasteiger partial charge in [-0.05, 0) is 12.1 Å². The van der Waals surface area contributed by atoms with Gasteiger partial charge in [0.2, 0.25) is 10.0 Å². The molecule has 2 N–H and O–H groups in total. The van der Waals surface area contributed by atoms with Gasteiger partial charge in [0.15, 0.2) is 17.5 Å². The molecule has 2 rings (SSSR count). The fourth-order valence-corrected chi connectivity index (χ4v) is 3.09. The molecule has 1 fully saturated rings. The summed E-state index contributed by atoms with van der Waals surface area (Å²) in [5, 5.41) is 3.17. The lowest BCUT2D eigenvalue weighted by Crippen LogP contribution is -2.46. The molecule has 1 aromatic rings. The molecule has 1 aromatic carbocycles. The van der Waals surface area contributed by atoms with Crippen molar-refractivity contribution in [2.75, 3.05) is 39.3 Å². The van der Waals surface area contributed by atoms with Gasteiger partial charge in [0.1, 0.15) is 0 Å². The lowest BCUT2D eigenvalue weighted by atomic mass is 10.3. The third-order valence-corrected chi connectivity index (χ3v) is 4.64. The number of nitrogens with zero attached hydrogens (tertiary/aromatic N) is 1.